The monoisotopic (exact) mass is 347 g/mol. The van der Waals surface area contributed by atoms with Crippen molar-refractivity contribution in [2.45, 2.75) is 13.3 Å². The van der Waals surface area contributed by atoms with E-state index >= 15 is 0 Å². The molecule has 0 saturated carbocycles. The second kappa shape index (κ2) is 7.27. The van der Waals surface area contributed by atoms with Gasteiger partial charge in [-0.05, 0) is 64.7 Å². The molecule has 2 aromatic rings. The van der Waals surface area contributed by atoms with Crippen LogP contribution in [0.4, 0.5) is 0 Å². The summed E-state index contributed by atoms with van der Waals surface area (Å²) < 4.78 is 6.01. The minimum atomic E-state index is -0.0650. The highest BCUT2D eigenvalue weighted by Crippen LogP contribution is 2.18. The first kappa shape index (κ1) is 15.6. The summed E-state index contributed by atoms with van der Waals surface area (Å²) in [7, 11) is 1.65. The molecule has 0 bridgehead atoms. The molecule has 110 valence electrons. The summed E-state index contributed by atoms with van der Waals surface area (Å²) in [6.45, 7) is 2.58. The zero-order valence-electron chi connectivity index (χ0n) is 12.2. The largest absolute Gasteiger partial charge is 0.497 e. The standard InChI is InChI=1S/C17H18BrNO2/c1-12-6-7-15(16(18)10-12)17(20)19-9-8-13-4-3-5-14(11-13)21-2/h3-7,10-11H,8-9H2,1-2H3,(H,19,20). The molecule has 0 aromatic heterocycles. The quantitative estimate of drug-likeness (QED) is 0.894. The number of carbonyl (C=O) groups is 1. The normalized spacial score (nSPS) is 10.2. The van der Waals surface area contributed by atoms with Gasteiger partial charge in [0.1, 0.15) is 5.75 Å². The predicted octanol–water partition coefficient (Wildman–Crippen LogP) is 3.74. The van der Waals surface area contributed by atoms with Gasteiger partial charge in [-0.1, -0.05) is 18.2 Å². The highest BCUT2D eigenvalue weighted by atomic mass is 79.9. The molecule has 0 saturated heterocycles. The summed E-state index contributed by atoms with van der Waals surface area (Å²) >= 11 is 3.43. The molecule has 0 unspecified atom stereocenters. The Balaban J connectivity index is 1.92. The Labute approximate surface area is 133 Å². The van der Waals surface area contributed by atoms with E-state index in [0.29, 0.717) is 12.1 Å². The van der Waals surface area contributed by atoms with Gasteiger partial charge in [0.2, 0.25) is 0 Å². The van der Waals surface area contributed by atoms with E-state index in [0.717, 1.165) is 27.8 Å². The molecule has 0 aliphatic rings. The lowest BCUT2D eigenvalue weighted by molar-refractivity contribution is 0.0953. The molecule has 3 nitrogen and oxygen atoms in total. The maximum atomic E-state index is 12.1. The molecular weight excluding hydrogens is 330 g/mol. The van der Waals surface area contributed by atoms with E-state index in [4.69, 9.17) is 4.74 Å². The van der Waals surface area contributed by atoms with Crippen LogP contribution < -0.4 is 10.1 Å². The van der Waals surface area contributed by atoms with Crippen molar-refractivity contribution >= 4 is 21.8 Å². The summed E-state index contributed by atoms with van der Waals surface area (Å²) in [4.78, 5) is 12.1. The van der Waals surface area contributed by atoms with Crippen molar-refractivity contribution < 1.29 is 9.53 Å². The lowest BCUT2D eigenvalue weighted by atomic mass is 10.1. The fourth-order valence-corrected chi connectivity index (χ4v) is 2.72. The third kappa shape index (κ3) is 4.33. The lowest BCUT2D eigenvalue weighted by Gasteiger charge is -2.08. The van der Waals surface area contributed by atoms with Crippen LogP contribution in [0.1, 0.15) is 21.5 Å². The SMILES string of the molecule is COc1cccc(CCNC(=O)c2ccc(C)cc2Br)c1. The van der Waals surface area contributed by atoms with Crippen LogP contribution in [0.15, 0.2) is 46.9 Å². The number of amides is 1. The molecule has 0 fully saturated rings. The third-order valence-electron chi connectivity index (χ3n) is 3.20. The van der Waals surface area contributed by atoms with Crippen LogP contribution in [0.2, 0.25) is 0 Å². The first-order valence-corrected chi connectivity index (χ1v) is 7.56. The van der Waals surface area contributed by atoms with Gasteiger partial charge in [-0.2, -0.15) is 0 Å². The Bertz CT molecular complexity index is 640. The molecule has 0 aliphatic carbocycles. The highest BCUT2D eigenvalue weighted by Gasteiger charge is 2.09. The number of hydrogen-bond acceptors (Lipinski definition) is 2. The van der Waals surface area contributed by atoms with Crippen molar-refractivity contribution in [1.82, 2.24) is 5.32 Å². The van der Waals surface area contributed by atoms with E-state index in [1.807, 2.05) is 49.4 Å². The molecule has 0 spiro atoms. The van der Waals surface area contributed by atoms with Crippen molar-refractivity contribution in [3.63, 3.8) is 0 Å². The first-order valence-electron chi connectivity index (χ1n) is 6.77. The van der Waals surface area contributed by atoms with Crippen molar-refractivity contribution in [1.29, 1.82) is 0 Å². The van der Waals surface area contributed by atoms with Crippen LogP contribution in [0.25, 0.3) is 0 Å². The van der Waals surface area contributed by atoms with Crippen molar-refractivity contribution in [3.05, 3.63) is 63.6 Å². The van der Waals surface area contributed by atoms with Crippen LogP contribution in [0, 0.1) is 6.92 Å². The topological polar surface area (TPSA) is 38.3 Å². The van der Waals surface area contributed by atoms with Gasteiger partial charge in [-0.15, -0.1) is 0 Å². The van der Waals surface area contributed by atoms with Crippen LogP contribution in [0.5, 0.6) is 5.75 Å². The van der Waals surface area contributed by atoms with E-state index in [2.05, 4.69) is 21.2 Å². The van der Waals surface area contributed by atoms with Crippen LogP contribution in [-0.2, 0) is 6.42 Å². The van der Waals surface area contributed by atoms with Gasteiger partial charge < -0.3 is 10.1 Å². The third-order valence-corrected chi connectivity index (χ3v) is 3.86. The zero-order valence-corrected chi connectivity index (χ0v) is 13.7. The number of nitrogens with one attached hydrogen (secondary N) is 1. The summed E-state index contributed by atoms with van der Waals surface area (Å²) in [5.74, 6) is 0.768. The number of hydrogen-bond donors (Lipinski definition) is 1. The number of carbonyl (C=O) groups excluding carboxylic acids is 1. The Morgan fingerprint density at radius 3 is 2.76 bits per heavy atom. The van der Waals surface area contributed by atoms with Crippen molar-refractivity contribution in [2.24, 2.45) is 0 Å². The van der Waals surface area contributed by atoms with Gasteiger partial charge in [0, 0.05) is 11.0 Å². The average Bonchev–Trinajstić information content (AvgIpc) is 2.47. The smallest absolute Gasteiger partial charge is 0.252 e. The Morgan fingerprint density at radius 1 is 1.24 bits per heavy atom. The summed E-state index contributed by atoms with van der Waals surface area (Å²) in [5, 5.41) is 2.94. The summed E-state index contributed by atoms with van der Waals surface area (Å²) in [6, 6.07) is 13.6. The van der Waals surface area contributed by atoms with Gasteiger partial charge in [0.05, 0.1) is 12.7 Å². The number of benzene rings is 2. The van der Waals surface area contributed by atoms with Crippen LogP contribution in [0.3, 0.4) is 0 Å². The van der Waals surface area contributed by atoms with E-state index in [1.165, 1.54) is 0 Å². The van der Waals surface area contributed by atoms with Gasteiger partial charge in [0.15, 0.2) is 0 Å². The van der Waals surface area contributed by atoms with Crippen LogP contribution in [-0.4, -0.2) is 19.6 Å². The number of halogens is 1. The Hall–Kier alpha value is -1.81. The minimum Gasteiger partial charge on any atom is -0.497 e. The molecule has 0 radical (unpaired) electrons. The fourth-order valence-electron chi connectivity index (χ4n) is 2.05. The maximum absolute atomic E-state index is 12.1. The molecule has 1 N–H and O–H groups in total. The van der Waals surface area contributed by atoms with Crippen molar-refractivity contribution in [3.8, 4) is 5.75 Å². The van der Waals surface area contributed by atoms with Gasteiger partial charge in [0.25, 0.3) is 5.91 Å². The Morgan fingerprint density at radius 2 is 2.05 bits per heavy atom. The number of aryl methyl sites for hydroxylation is 1. The highest BCUT2D eigenvalue weighted by molar-refractivity contribution is 9.10. The van der Waals surface area contributed by atoms with Gasteiger partial charge >= 0.3 is 0 Å². The molecule has 0 aliphatic heterocycles. The van der Waals surface area contributed by atoms with E-state index < -0.39 is 0 Å². The maximum Gasteiger partial charge on any atom is 0.252 e. The average molecular weight is 348 g/mol. The van der Waals surface area contributed by atoms with Crippen molar-refractivity contribution in [2.75, 3.05) is 13.7 Å². The number of rotatable bonds is 5. The minimum absolute atomic E-state index is 0.0650. The molecule has 2 rings (SSSR count). The molecule has 0 heterocycles. The summed E-state index contributed by atoms with van der Waals surface area (Å²) in [6.07, 6.45) is 0.770. The van der Waals surface area contributed by atoms with E-state index in [-0.39, 0.29) is 5.91 Å². The van der Waals surface area contributed by atoms with Gasteiger partial charge in [-0.25, -0.2) is 0 Å². The Kier molecular flexibility index (Phi) is 5.39. The number of ether oxygens (including phenoxy) is 1. The predicted molar refractivity (Wildman–Crippen MR) is 87.9 cm³/mol. The molecular formula is C17H18BrNO2. The zero-order chi connectivity index (χ0) is 15.2. The number of methoxy groups -OCH3 is 1. The van der Waals surface area contributed by atoms with E-state index in [1.54, 1.807) is 7.11 Å². The molecule has 0 atom stereocenters. The molecule has 1 amide bonds. The van der Waals surface area contributed by atoms with Crippen LogP contribution >= 0.6 is 15.9 Å². The second-order valence-corrected chi connectivity index (χ2v) is 5.70. The second-order valence-electron chi connectivity index (χ2n) is 4.84. The molecule has 2 aromatic carbocycles. The summed E-state index contributed by atoms with van der Waals surface area (Å²) in [5.41, 5.74) is 2.92. The molecule has 4 heteroatoms. The van der Waals surface area contributed by atoms with Gasteiger partial charge in [-0.3, -0.25) is 4.79 Å². The lowest BCUT2D eigenvalue weighted by Crippen LogP contribution is -2.26. The van der Waals surface area contributed by atoms with E-state index in [9.17, 15) is 4.79 Å². The fraction of sp³-hybridized carbons (Fsp3) is 0.235. The molecule has 21 heavy (non-hydrogen) atoms. The first-order chi connectivity index (χ1) is 10.1.